The maximum atomic E-state index is 11.7. The van der Waals surface area contributed by atoms with Gasteiger partial charge in [-0.1, -0.05) is 6.07 Å². The van der Waals surface area contributed by atoms with Crippen molar-refractivity contribution >= 4 is 31.3 Å². The number of carboxylic acids is 1. The first-order chi connectivity index (χ1) is 12.5. The second kappa shape index (κ2) is 7.45. The predicted molar refractivity (Wildman–Crippen MR) is 97.0 cm³/mol. The summed E-state index contributed by atoms with van der Waals surface area (Å²) in [6, 6.07) is 3.38. The highest BCUT2D eigenvalue weighted by Gasteiger charge is 2.35. The molecule has 2 aliphatic heterocycles. The molecule has 1 aromatic heterocycles. The maximum absolute atomic E-state index is 11.7. The minimum Gasteiger partial charge on any atom is -0.535 e. The predicted octanol–water partition coefficient (Wildman–Crippen LogP) is 0.429. The highest BCUT2D eigenvalue weighted by molar-refractivity contribution is 6.44. The molecule has 0 radical (unpaired) electrons. The molecule has 0 atom stereocenters. The van der Waals surface area contributed by atoms with Crippen LogP contribution in [-0.4, -0.2) is 68.3 Å². The fourth-order valence-corrected chi connectivity index (χ4v) is 3.06. The Bertz CT molecular complexity index is 859. The van der Waals surface area contributed by atoms with E-state index in [1.807, 2.05) is 0 Å². The molecule has 2 aliphatic rings. The zero-order valence-corrected chi connectivity index (χ0v) is 14.9. The molecule has 12 heteroatoms. The number of aromatic amines is 1. The second-order valence-electron chi connectivity index (χ2n) is 6.17. The Morgan fingerprint density at radius 3 is 2.89 bits per heavy atom. The molecule has 4 rings (SSSR count). The molecule has 1 saturated heterocycles. The summed E-state index contributed by atoms with van der Waals surface area (Å²) < 4.78 is 11.2. The Balaban J connectivity index is 0.00000210. The van der Waals surface area contributed by atoms with Crippen molar-refractivity contribution in [1.82, 2.24) is 20.1 Å². The summed E-state index contributed by atoms with van der Waals surface area (Å²) in [6.07, 6.45) is 2.04. The largest absolute Gasteiger partial charge is 0.535 e. The number of likely N-dealkylation sites (tertiary alicyclic amines) is 1. The molecule has 0 spiro atoms. The smallest absolute Gasteiger partial charge is 0.522 e. The lowest BCUT2D eigenvalue weighted by molar-refractivity contribution is 0.0596. The Hall–Kier alpha value is -2.79. The molecule has 4 N–H and O–H groups in total. The van der Waals surface area contributed by atoms with Gasteiger partial charge in [0.25, 0.3) is 0 Å². The second-order valence-corrected chi connectivity index (χ2v) is 6.17. The van der Waals surface area contributed by atoms with Gasteiger partial charge in [-0.15, -0.1) is 12.4 Å². The van der Waals surface area contributed by atoms with Gasteiger partial charge in [0.2, 0.25) is 0 Å². The highest BCUT2D eigenvalue weighted by Crippen LogP contribution is 2.37. The molecular formula is C15H17BClN5O5. The standard InChI is InChI=1S/C15H16BN5O5.ClH/c17-13(14-18-7-19-20-14)21-5-9(6-21)25-10-2-1-8-3-4-16(24)26-12(8)11(10)15(22)23;/h1-2,7,9,17,24H,3-6H2,(H,22,23)(H,18,19,20);1H. The quantitative estimate of drug-likeness (QED) is 0.332. The number of aryl methyl sites for hydroxylation is 1. The van der Waals surface area contributed by atoms with Gasteiger partial charge in [0.15, 0.2) is 11.7 Å². The molecule has 0 aliphatic carbocycles. The van der Waals surface area contributed by atoms with E-state index in [0.29, 0.717) is 31.7 Å². The van der Waals surface area contributed by atoms with Gasteiger partial charge < -0.3 is 24.4 Å². The van der Waals surface area contributed by atoms with Crippen LogP contribution in [0.2, 0.25) is 6.32 Å². The third kappa shape index (κ3) is 3.55. The van der Waals surface area contributed by atoms with Gasteiger partial charge in [0.05, 0.1) is 13.1 Å². The molecule has 0 unspecified atom stereocenters. The third-order valence-electron chi connectivity index (χ3n) is 4.43. The van der Waals surface area contributed by atoms with Gasteiger partial charge in [-0.05, 0) is 24.4 Å². The molecule has 10 nitrogen and oxygen atoms in total. The number of nitrogens with zero attached hydrogens (tertiary/aromatic N) is 3. The molecule has 0 amide bonds. The van der Waals surface area contributed by atoms with Crippen molar-refractivity contribution in [2.24, 2.45) is 0 Å². The summed E-state index contributed by atoms with van der Waals surface area (Å²) in [5.74, 6) is -0.236. The normalized spacial score (nSPS) is 15.9. The third-order valence-corrected chi connectivity index (χ3v) is 4.43. The van der Waals surface area contributed by atoms with E-state index >= 15 is 0 Å². The summed E-state index contributed by atoms with van der Waals surface area (Å²) in [5.41, 5.74) is 0.660. The van der Waals surface area contributed by atoms with Crippen molar-refractivity contribution < 1.29 is 24.3 Å². The number of halogens is 1. The number of benzene rings is 1. The number of nitrogens with one attached hydrogen (secondary N) is 2. The van der Waals surface area contributed by atoms with Crippen LogP contribution in [0.3, 0.4) is 0 Å². The number of H-pyrrole nitrogens is 1. The van der Waals surface area contributed by atoms with Gasteiger partial charge in [0, 0.05) is 0 Å². The average Bonchev–Trinajstić information content (AvgIpc) is 3.10. The number of ether oxygens (including phenoxy) is 1. The number of fused-ring (bicyclic) bond motifs is 1. The van der Waals surface area contributed by atoms with Crippen LogP contribution in [0.5, 0.6) is 11.5 Å². The van der Waals surface area contributed by atoms with Crippen LogP contribution in [0.4, 0.5) is 0 Å². The minimum absolute atomic E-state index is 0. The first kappa shape index (κ1) is 19.0. The molecule has 3 heterocycles. The highest BCUT2D eigenvalue weighted by atomic mass is 35.5. The zero-order chi connectivity index (χ0) is 18.3. The summed E-state index contributed by atoms with van der Waals surface area (Å²) in [6.45, 7) is 0.859. The molecule has 0 saturated carbocycles. The molecule has 1 aromatic carbocycles. The summed E-state index contributed by atoms with van der Waals surface area (Å²) in [4.78, 5) is 17.4. The zero-order valence-electron chi connectivity index (χ0n) is 14.1. The van der Waals surface area contributed by atoms with E-state index < -0.39 is 13.1 Å². The Morgan fingerprint density at radius 1 is 1.44 bits per heavy atom. The Kier molecular flexibility index (Phi) is 5.24. The van der Waals surface area contributed by atoms with Crippen LogP contribution in [0.25, 0.3) is 0 Å². The number of aromatic carboxylic acids is 1. The molecule has 27 heavy (non-hydrogen) atoms. The van der Waals surface area contributed by atoms with Crippen molar-refractivity contribution in [3.05, 3.63) is 35.4 Å². The number of amidine groups is 1. The van der Waals surface area contributed by atoms with Crippen LogP contribution in [-0.2, 0) is 6.42 Å². The van der Waals surface area contributed by atoms with E-state index in [2.05, 4.69) is 15.2 Å². The van der Waals surface area contributed by atoms with Gasteiger partial charge in [-0.25, -0.2) is 9.78 Å². The van der Waals surface area contributed by atoms with Crippen molar-refractivity contribution in [1.29, 1.82) is 5.41 Å². The Labute approximate surface area is 160 Å². The van der Waals surface area contributed by atoms with Crippen LogP contribution in [0, 0.1) is 5.41 Å². The van der Waals surface area contributed by atoms with Crippen LogP contribution in [0.15, 0.2) is 18.5 Å². The minimum atomic E-state index is -1.17. The van der Waals surface area contributed by atoms with E-state index in [0.717, 1.165) is 5.56 Å². The first-order valence-corrected chi connectivity index (χ1v) is 8.12. The number of hydrogen-bond donors (Lipinski definition) is 4. The first-order valence-electron chi connectivity index (χ1n) is 8.12. The average molecular weight is 394 g/mol. The molecule has 142 valence electrons. The van der Waals surface area contributed by atoms with Gasteiger partial charge in [0.1, 0.15) is 29.5 Å². The van der Waals surface area contributed by atoms with E-state index in [1.54, 1.807) is 17.0 Å². The van der Waals surface area contributed by atoms with Gasteiger partial charge >= 0.3 is 13.1 Å². The van der Waals surface area contributed by atoms with Gasteiger partial charge in [-0.3, -0.25) is 10.5 Å². The van der Waals surface area contributed by atoms with E-state index in [-0.39, 0.29) is 41.4 Å². The number of aromatic nitrogens is 3. The summed E-state index contributed by atoms with van der Waals surface area (Å²) in [7, 11) is -1.02. The van der Waals surface area contributed by atoms with Crippen molar-refractivity contribution in [3.63, 3.8) is 0 Å². The summed E-state index contributed by atoms with van der Waals surface area (Å²) in [5, 5.41) is 33.6. The lowest BCUT2D eigenvalue weighted by atomic mass is 9.78. The van der Waals surface area contributed by atoms with E-state index in [4.69, 9.17) is 14.8 Å². The molecular weight excluding hydrogens is 376 g/mol. The lowest BCUT2D eigenvalue weighted by Crippen LogP contribution is -2.56. The lowest BCUT2D eigenvalue weighted by Gasteiger charge is -2.40. The fraction of sp³-hybridized carbons (Fsp3) is 0.333. The Morgan fingerprint density at radius 2 is 2.22 bits per heavy atom. The number of carboxylic acid groups (broad SMARTS) is 1. The van der Waals surface area contributed by atoms with Crippen LogP contribution >= 0.6 is 12.4 Å². The van der Waals surface area contributed by atoms with Crippen LogP contribution in [0.1, 0.15) is 21.7 Å². The van der Waals surface area contributed by atoms with E-state index in [1.165, 1.54) is 6.33 Å². The van der Waals surface area contributed by atoms with E-state index in [9.17, 15) is 14.9 Å². The van der Waals surface area contributed by atoms with Gasteiger partial charge in [-0.2, -0.15) is 5.10 Å². The molecule has 0 bridgehead atoms. The van der Waals surface area contributed by atoms with Crippen molar-refractivity contribution in [2.75, 3.05) is 13.1 Å². The summed E-state index contributed by atoms with van der Waals surface area (Å²) >= 11 is 0. The number of hydrogen-bond acceptors (Lipinski definition) is 7. The SMILES string of the molecule is Cl.N=C(c1ncn[nH]1)N1CC(Oc2ccc3c(c2C(=O)O)OB(O)CC3)C1. The topological polar surface area (TPSA) is 145 Å². The number of carbonyl (C=O) groups is 1. The molecule has 1 fully saturated rings. The molecule has 2 aromatic rings. The van der Waals surface area contributed by atoms with Crippen LogP contribution < -0.4 is 9.39 Å². The fourth-order valence-electron chi connectivity index (χ4n) is 3.06. The van der Waals surface area contributed by atoms with Crippen molar-refractivity contribution in [2.45, 2.75) is 18.8 Å². The number of rotatable bonds is 4. The maximum Gasteiger partial charge on any atom is 0.522 e. The van der Waals surface area contributed by atoms with Crippen molar-refractivity contribution in [3.8, 4) is 11.5 Å². The monoisotopic (exact) mass is 393 g/mol.